The average Bonchev–Trinajstić information content (AvgIpc) is 3.04. The largest absolute Gasteiger partial charge is 0.369 e. The Morgan fingerprint density at radius 3 is 2.86 bits per heavy atom. The van der Waals surface area contributed by atoms with Crippen LogP contribution in [0.25, 0.3) is 10.9 Å². The highest BCUT2D eigenvalue weighted by Crippen LogP contribution is 2.24. The second-order valence-electron chi connectivity index (χ2n) is 6.93. The standard InChI is InChI=1S/C21H21FN4O2/c1-13-5-6-17(22)16-12-18(25-20(13)16)21(28)24-14-3-2-4-15(11-14)26-9-7-19(27)23-8-10-26/h2-6,11-12,25H,7-10H2,1H3,(H,23,27)(H,24,28). The van der Waals surface area contributed by atoms with Crippen molar-refractivity contribution in [2.75, 3.05) is 29.9 Å². The number of hydrogen-bond donors (Lipinski definition) is 3. The number of aryl methyl sites for hydroxylation is 1. The predicted molar refractivity (Wildman–Crippen MR) is 107 cm³/mol. The normalized spacial score (nSPS) is 14.6. The van der Waals surface area contributed by atoms with Crippen LogP contribution in [-0.2, 0) is 4.79 Å². The van der Waals surface area contributed by atoms with Crippen LogP contribution in [0, 0.1) is 12.7 Å². The van der Waals surface area contributed by atoms with Gasteiger partial charge in [-0.05, 0) is 42.8 Å². The molecule has 1 aliphatic heterocycles. The number of nitrogens with zero attached hydrogens (tertiary/aromatic N) is 1. The quantitative estimate of drug-likeness (QED) is 0.653. The van der Waals surface area contributed by atoms with Crippen LogP contribution in [0.4, 0.5) is 15.8 Å². The molecule has 3 aromatic rings. The third kappa shape index (κ3) is 3.55. The number of rotatable bonds is 3. The lowest BCUT2D eigenvalue weighted by Crippen LogP contribution is -2.28. The van der Waals surface area contributed by atoms with Crippen molar-refractivity contribution in [3.05, 3.63) is 59.5 Å². The molecule has 1 aromatic heterocycles. The molecule has 0 bridgehead atoms. The summed E-state index contributed by atoms with van der Waals surface area (Å²) in [7, 11) is 0. The second kappa shape index (κ2) is 7.34. The molecular formula is C21H21FN4O2. The van der Waals surface area contributed by atoms with Gasteiger partial charge in [-0.1, -0.05) is 12.1 Å². The molecule has 2 aromatic carbocycles. The predicted octanol–water partition coefficient (Wildman–Crippen LogP) is 3.19. The SMILES string of the molecule is Cc1ccc(F)c2cc(C(=O)Nc3cccc(N4CCNC(=O)CC4)c3)[nH]c12. The lowest BCUT2D eigenvalue weighted by Gasteiger charge is -2.22. The first-order valence-electron chi connectivity index (χ1n) is 9.22. The van der Waals surface area contributed by atoms with Crippen LogP contribution in [0.3, 0.4) is 0 Å². The minimum Gasteiger partial charge on any atom is -0.369 e. The molecule has 1 aliphatic rings. The van der Waals surface area contributed by atoms with Crippen molar-refractivity contribution >= 4 is 34.1 Å². The Morgan fingerprint density at radius 2 is 2.04 bits per heavy atom. The lowest BCUT2D eigenvalue weighted by molar-refractivity contribution is -0.120. The summed E-state index contributed by atoms with van der Waals surface area (Å²) in [6.45, 7) is 3.80. The Balaban J connectivity index is 1.54. The van der Waals surface area contributed by atoms with Gasteiger partial charge in [0.25, 0.3) is 5.91 Å². The van der Waals surface area contributed by atoms with Crippen molar-refractivity contribution in [2.45, 2.75) is 13.3 Å². The lowest BCUT2D eigenvalue weighted by atomic mass is 10.1. The van der Waals surface area contributed by atoms with E-state index < -0.39 is 0 Å². The molecule has 144 valence electrons. The number of halogens is 1. The van der Waals surface area contributed by atoms with Gasteiger partial charge in [0.15, 0.2) is 0 Å². The van der Waals surface area contributed by atoms with Crippen LogP contribution in [0.15, 0.2) is 42.5 Å². The third-order valence-corrected chi connectivity index (χ3v) is 4.98. The molecule has 0 unspecified atom stereocenters. The van der Waals surface area contributed by atoms with Crippen LogP contribution >= 0.6 is 0 Å². The van der Waals surface area contributed by atoms with Gasteiger partial charge < -0.3 is 20.5 Å². The Kier molecular flexibility index (Phi) is 4.73. The van der Waals surface area contributed by atoms with E-state index in [-0.39, 0.29) is 17.6 Å². The van der Waals surface area contributed by atoms with Gasteiger partial charge >= 0.3 is 0 Å². The van der Waals surface area contributed by atoms with Gasteiger partial charge in [0.05, 0.1) is 5.52 Å². The van der Waals surface area contributed by atoms with Crippen molar-refractivity contribution < 1.29 is 14.0 Å². The summed E-state index contributed by atoms with van der Waals surface area (Å²) in [5.74, 6) is -0.643. The highest BCUT2D eigenvalue weighted by Gasteiger charge is 2.16. The van der Waals surface area contributed by atoms with E-state index in [9.17, 15) is 14.0 Å². The fourth-order valence-corrected chi connectivity index (χ4v) is 3.45. The topological polar surface area (TPSA) is 77.2 Å². The van der Waals surface area contributed by atoms with E-state index in [0.717, 1.165) is 11.3 Å². The van der Waals surface area contributed by atoms with Gasteiger partial charge in [0.1, 0.15) is 11.5 Å². The second-order valence-corrected chi connectivity index (χ2v) is 6.93. The molecule has 0 spiro atoms. The van der Waals surface area contributed by atoms with Gasteiger partial charge in [0.2, 0.25) is 5.91 Å². The zero-order valence-corrected chi connectivity index (χ0v) is 15.5. The van der Waals surface area contributed by atoms with Gasteiger partial charge in [-0.2, -0.15) is 0 Å². The molecule has 28 heavy (non-hydrogen) atoms. The van der Waals surface area contributed by atoms with Gasteiger partial charge in [-0.3, -0.25) is 9.59 Å². The summed E-state index contributed by atoms with van der Waals surface area (Å²) in [4.78, 5) is 29.3. The number of fused-ring (bicyclic) bond motifs is 1. The number of nitrogens with one attached hydrogen (secondary N) is 3. The molecule has 7 heteroatoms. The maximum Gasteiger partial charge on any atom is 0.272 e. The van der Waals surface area contributed by atoms with E-state index in [4.69, 9.17) is 0 Å². The summed E-state index contributed by atoms with van der Waals surface area (Å²) >= 11 is 0. The molecule has 0 saturated carbocycles. The molecular weight excluding hydrogens is 359 g/mol. The van der Waals surface area contributed by atoms with Crippen molar-refractivity contribution in [3.8, 4) is 0 Å². The van der Waals surface area contributed by atoms with Crippen molar-refractivity contribution in [3.63, 3.8) is 0 Å². The van der Waals surface area contributed by atoms with Crippen molar-refractivity contribution in [2.24, 2.45) is 0 Å². The molecule has 3 N–H and O–H groups in total. The fourth-order valence-electron chi connectivity index (χ4n) is 3.45. The fraction of sp³-hybridized carbons (Fsp3) is 0.238. The van der Waals surface area contributed by atoms with Crippen LogP contribution < -0.4 is 15.5 Å². The smallest absolute Gasteiger partial charge is 0.272 e. The maximum absolute atomic E-state index is 14.0. The number of anilines is 2. The molecule has 0 radical (unpaired) electrons. The number of aromatic amines is 1. The number of hydrogen-bond acceptors (Lipinski definition) is 3. The molecule has 1 saturated heterocycles. The number of H-pyrrole nitrogens is 1. The Hall–Kier alpha value is -3.35. The zero-order valence-electron chi connectivity index (χ0n) is 15.5. The summed E-state index contributed by atoms with van der Waals surface area (Å²) in [6, 6.07) is 12.1. The van der Waals surface area contributed by atoms with Crippen LogP contribution in [0.2, 0.25) is 0 Å². The number of carbonyl (C=O) groups excluding carboxylic acids is 2. The monoisotopic (exact) mass is 380 g/mol. The van der Waals surface area contributed by atoms with Gasteiger partial charge in [-0.15, -0.1) is 0 Å². The number of amides is 2. The van der Waals surface area contributed by atoms with Crippen LogP contribution in [0.5, 0.6) is 0 Å². The first kappa shape index (κ1) is 18.0. The number of carbonyl (C=O) groups is 2. The molecule has 2 amide bonds. The maximum atomic E-state index is 14.0. The minimum absolute atomic E-state index is 0.0493. The first-order valence-corrected chi connectivity index (χ1v) is 9.22. The summed E-state index contributed by atoms with van der Waals surface area (Å²) in [6.07, 6.45) is 0.441. The molecule has 1 fully saturated rings. The molecule has 0 aliphatic carbocycles. The van der Waals surface area contributed by atoms with Crippen LogP contribution in [0.1, 0.15) is 22.5 Å². The first-order chi connectivity index (χ1) is 13.5. The highest BCUT2D eigenvalue weighted by atomic mass is 19.1. The van der Waals surface area contributed by atoms with Gasteiger partial charge in [-0.25, -0.2) is 4.39 Å². The Labute approximate surface area is 161 Å². The number of aromatic nitrogens is 1. The van der Waals surface area contributed by atoms with E-state index in [2.05, 4.69) is 20.5 Å². The van der Waals surface area contributed by atoms with Gasteiger partial charge in [0, 0.05) is 42.8 Å². The highest BCUT2D eigenvalue weighted by molar-refractivity contribution is 6.06. The summed E-state index contributed by atoms with van der Waals surface area (Å²) < 4.78 is 14.0. The summed E-state index contributed by atoms with van der Waals surface area (Å²) in [5, 5.41) is 6.11. The Bertz CT molecular complexity index is 1020. The summed E-state index contributed by atoms with van der Waals surface area (Å²) in [5.41, 5.74) is 3.38. The van der Waals surface area contributed by atoms with E-state index in [0.29, 0.717) is 48.3 Å². The molecule has 0 atom stereocenters. The zero-order chi connectivity index (χ0) is 19.7. The third-order valence-electron chi connectivity index (χ3n) is 4.98. The Morgan fingerprint density at radius 1 is 1.18 bits per heavy atom. The van der Waals surface area contributed by atoms with E-state index in [1.807, 2.05) is 25.1 Å². The average molecular weight is 380 g/mol. The minimum atomic E-state index is -0.359. The van der Waals surface area contributed by atoms with Crippen molar-refractivity contribution in [1.29, 1.82) is 0 Å². The molecule has 6 nitrogen and oxygen atoms in total. The van der Waals surface area contributed by atoms with E-state index in [1.165, 1.54) is 12.1 Å². The van der Waals surface area contributed by atoms with E-state index in [1.54, 1.807) is 12.1 Å². The van der Waals surface area contributed by atoms with Crippen molar-refractivity contribution in [1.82, 2.24) is 10.3 Å². The molecule has 4 rings (SSSR count). The number of benzene rings is 2. The molecule has 2 heterocycles. The van der Waals surface area contributed by atoms with E-state index >= 15 is 0 Å². The van der Waals surface area contributed by atoms with Crippen LogP contribution in [-0.4, -0.2) is 36.4 Å².